The number of aromatic nitrogens is 2. The second-order valence-corrected chi connectivity index (χ2v) is 7.52. The molecule has 3 rings (SSSR count). The van der Waals surface area contributed by atoms with Gasteiger partial charge in [-0.1, -0.05) is 17.6 Å². The minimum Gasteiger partial charge on any atom is -0.376 e. The molecule has 0 bridgehead atoms. The molecule has 2 aromatic rings. The Labute approximate surface area is 135 Å². The molecular weight excluding hydrogens is 316 g/mol. The lowest BCUT2D eigenvalue weighted by molar-refractivity contribution is 0.346. The highest BCUT2D eigenvalue weighted by atomic mass is 32.2. The van der Waals surface area contributed by atoms with Crippen molar-refractivity contribution in [1.82, 2.24) is 14.4 Å². The molecule has 2 heterocycles. The summed E-state index contributed by atoms with van der Waals surface area (Å²) in [4.78, 5) is 4.41. The molecule has 0 radical (unpaired) electrons. The van der Waals surface area contributed by atoms with Crippen LogP contribution in [0.15, 0.2) is 33.7 Å². The van der Waals surface area contributed by atoms with Gasteiger partial charge in [-0.2, -0.15) is 9.29 Å². The number of rotatable bonds is 5. The summed E-state index contributed by atoms with van der Waals surface area (Å²) in [5, 5.41) is 6.83. The van der Waals surface area contributed by atoms with Crippen molar-refractivity contribution in [3.8, 4) is 0 Å². The van der Waals surface area contributed by atoms with Crippen molar-refractivity contribution in [1.29, 1.82) is 0 Å². The number of sulfonamides is 1. The fourth-order valence-corrected chi connectivity index (χ4v) is 4.17. The minimum absolute atomic E-state index is 0.311. The molecule has 0 unspecified atom stereocenters. The number of benzene rings is 1. The average Bonchev–Trinajstić information content (AvgIpc) is 2.99. The molecule has 1 N–H and O–H groups in total. The third kappa shape index (κ3) is 3.70. The Morgan fingerprint density at radius 2 is 2.04 bits per heavy atom. The molecule has 1 fully saturated rings. The topological polar surface area (TPSA) is 88.3 Å². The van der Waals surface area contributed by atoms with Gasteiger partial charge in [0.05, 0.1) is 11.4 Å². The lowest BCUT2D eigenvalue weighted by Gasteiger charge is -2.26. The summed E-state index contributed by atoms with van der Waals surface area (Å²) >= 11 is 0. The van der Waals surface area contributed by atoms with Crippen LogP contribution in [-0.2, 0) is 16.6 Å². The molecule has 0 amide bonds. The van der Waals surface area contributed by atoms with Gasteiger partial charge in [0.25, 0.3) is 0 Å². The molecule has 0 atom stereocenters. The number of anilines is 1. The van der Waals surface area contributed by atoms with E-state index >= 15 is 0 Å². The quantitative estimate of drug-likeness (QED) is 0.900. The van der Waals surface area contributed by atoms with Crippen LogP contribution >= 0.6 is 0 Å². The Hall–Kier alpha value is -1.93. The van der Waals surface area contributed by atoms with Crippen LogP contribution in [-0.4, -0.2) is 36.0 Å². The number of nitrogens with zero attached hydrogens (tertiary/aromatic N) is 3. The van der Waals surface area contributed by atoms with Gasteiger partial charge in [-0.3, -0.25) is 0 Å². The van der Waals surface area contributed by atoms with Gasteiger partial charge in [0.2, 0.25) is 15.9 Å². The minimum atomic E-state index is -3.42. The third-order valence-corrected chi connectivity index (χ3v) is 5.69. The van der Waals surface area contributed by atoms with Crippen molar-refractivity contribution in [2.75, 3.05) is 18.4 Å². The first-order valence-corrected chi connectivity index (χ1v) is 9.13. The van der Waals surface area contributed by atoms with Crippen molar-refractivity contribution in [2.24, 2.45) is 0 Å². The van der Waals surface area contributed by atoms with E-state index < -0.39 is 10.0 Å². The van der Waals surface area contributed by atoms with Gasteiger partial charge in [-0.25, -0.2) is 8.42 Å². The van der Waals surface area contributed by atoms with Crippen LogP contribution in [0.2, 0.25) is 0 Å². The van der Waals surface area contributed by atoms with Gasteiger partial charge >= 0.3 is 0 Å². The molecule has 23 heavy (non-hydrogen) atoms. The Morgan fingerprint density at radius 1 is 1.26 bits per heavy atom. The van der Waals surface area contributed by atoms with Crippen molar-refractivity contribution in [3.05, 3.63) is 36.0 Å². The van der Waals surface area contributed by atoms with Crippen LogP contribution in [0.5, 0.6) is 0 Å². The molecule has 1 aromatic carbocycles. The van der Waals surface area contributed by atoms with E-state index in [1.807, 2.05) is 6.07 Å². The summed E-state index contributed by atoms with van der Waals surface area (Å²) in [6.07, 6.45) is 2.94. The van der Waals surface area contributed by atoms with Crippen molar-refractivity contribution < 1.29 is 12.9 Å². The van der Waals surface area contributed by atoms with E-state index in [4.69, 9.17) is 4.52 Å². The van der Waals surface area contributed by atoms with Gasteiger partial charge in [-0.15, -0.1) is 0 Å². The third-order valence-electron chi connectivity index (χ3n) is 3.80. The Kier molecular flexibility index (Phi) is 4.63. The molecule has 0 spiro atoms. The Balaban J connectivity index is 1.73. The first kappa shape index (κ1) is 15.9. The first-order valence-electron chi connectivity index (χ1n) is 7.69. The molecule has 1 aliphatic rings. The van der Waals surface area contributed by atoms with E-state index in [1.54, 1.807) is 29.4 Å². The van der Waals surface area contributed by atoms with E-state index in [0.717, 1.165) is 19.3 Å². The second kappa shape index (κ2) is 6.67. The molecule has 1 saturated heterocycles. The van der Waals surface area contributed by atoms with Gasteiger partial charge in [0, 0.05) is 18.8 Å². The van der Waals surface area contributed by atoms with Crippen molar-refractivity contribution in [3.63, 3.8) is 0 Å². The summed E-state index contributed by atoms with van der Waals surface area (Å²) in [5.41, 5.74) is 0.707. The number of piperidine rings is 1. The monoisotopic (exact) mass is 336 g/mol. The molecule has 8 heteroatoms. The van der Waals surface area contributed by atoms with Crippen LogP contribution in [0.4, 0.5) is 5.69 Å². The van der Waals surface area contributed by atoms with E-state index in [2.05, 4.69) is 15.5 Å². The lowest BCUT2D eigenvalue weighted by atomic mass is 10.2. The Bertz CT molecular complexity index is 767. The van der Waals surface area contributed by atoms with E-state index in [9.17, 15) is 8.42 Å². The molecular formula is C15H20N4O3S. The zero-order valence-corrected chi connectivity index (χ0v) is 13.8. The summed E-state index contributed by atoms with van der Waals surface area (Å²) < 4.78 is 31.9. The van der Waals surface area contributed by atoms with Crippen molar-refractivity contribution in [2.45, 2.75) is 37.6 Å². The summed E-state index contributed by atoms with van der Waals surface area (Å²) in [6.45, 7) is 3.30. The van der Waals surface area contributed by atoms with E-state index in [0.29, 0.717) is 41.9 Å². The van der Waals surface area contributed by atoms with Crippen LogP contribution in [0.1, 0.15) is 31.0 Å². The average molecular weight is 336 g/mol. The maximum atomic E-state index is 12.7. The smallest absolute Gasteiger partial charge is 0.245 e. The van der Waals surface area contributed by atoms with E-state index in [-0.39, 0.29) is 0 Å². The normalized spacial score (nSPS) is 16.4. The highest BCUT2D eigenvalue weighted by molar-refractivity contribution is 7.89. The zero-order valence-electron chi connectivity index (χ0n) is 13.0. The molecule has 1 aromatic heterocycles. The predicted molar refractivity (Wildman–Crippen MR) is 85.4 cm³/mol. The van der Waals surface area contributed by atoms with Crippen LogP contribution in [0.25, 0.3) is 0 Å². The van der Waals surface area contributed by atoms with Crippen LogP contribution in [0.3, 0.4) is 0 Å². The lowest BCUT2D eigenvalue weighted by Crippen LogP contribution is -2.35. The van der Waals surface area contributed by atoms with Gasteiger partial charge in [-0.05, 0) is 38.0 Å². The van der Waals surface area contributed by atoms with Gasteiger partial charge in [0.15, 0.2) is 5.82 Å². The van der Waals surface area contributed by atoms with Crippen LogP contribution < -0.4 is 5.32 Å². The number of aryl methyl sites for hydroxylation is 1. The second-order valence-electron chi connectivity index (χ2n) is 5.58. The molecule has 124 valence electrons. The zero-order chi connectivity index (χ0) is 16.3. The summed E-state index contributed by atoms with van der Waals surface area (Å²) in [6, 6.07) is 6.83. The number of hydrogen-bond acceptors (Lipinski definition) is 6. The fourth-order valence-electron chi connectivity index (χ4n) is 2.61. The van der Waals surface area contributed by atoms with E-state index in [1.165, 1.54) is 0 Å². The summed E-state index contributed by atoms with van der Waals surface area (Å²) in [5.74, 6) is 1.04. The predicted octanol–water partition coefficient (Wildman–Crippen LogP) is 2.16. The molecule has 7 nitrogen and oxygen atoms in total. The highest BCUT2D eigenvalue weighted by Crippen LogP contribution is 2.23. The largest absolute Gasteiger partial charge is 0.376 e. The SMILES string of the molecule is Cc1noc(CNc2cccc(S(=O)(=O)N3CCCCC3)c2)n1. The Morgan fingerprint density at radius 3 is 2.74 bits per heavy atom. The molecule has 1 aliphatic heterocycles. The maximum Gasteiger partial charge on any atom is 0.245 e. The highest BCUT2D eigenvalue weighted by Gasteiger charge is 2.25. The standard InChI is InChI=1S/C15H20N4O3S/c1-12-17-15(22-18-12)11-16-13-6-5-7-14(10-13)23(20,21)19-8-3-2-4-9-19/h5-7,10,16H,2-4,8-9,11H2,1H3. The van der Waals surface area contributed by atoms with Gasteiger partial charge < -0.3 is 9.84 Å². The molecule has 0 saturated carbocycles. The maximum absolute atomic E-state index is 12.7. The van der Waals surface area contributed by atoms with Crippen LogP contribution in [0, 0.1) is 6.92 Å². The number of hydrogen-bond donors (Lipinski definition) is 1. The molecule has 0 aliphatic carbocycles. The summed E-state index contributed by atoms with van der Waals surface area (Å²) in [7, 11) is -3.42. The van der Waals surface area contributed by atoms with Crippen molar-refractivity contribution >= 4 is 15.7 Å². The fraction of sp³-hybridized carbons (Fsp3) is 0.467. The van der Waals surface area contributed by atoms with Gasteiger partial charge in [0.1, 0.15) is 0 Å². The first-order chi connectivity index (χ1) is 11.1. The number of nitrogens with one attached hydrogen (secondary N) is 1.